The summed E-state index contributed by atoms with van der Waals surface area (Å²) in [6.45, 7) is 2.31. The molecule has 3 rings (SSSR count). The van der Waals surface area contributed by atoms with Crippen LogP contribution in [0.3, 0.4) is 0 Å². The van der Waals surface area contributed by atoms with Crippen LogP contribution in [0.15, 0.2) is 18.2 Å². The van der Waals surface area contributed by atoms with Crippen molar-refractivity contribution in [3.63, 3.8) is 0 Å². The molecule has 3 nitrogen and oxygen atoms in total. The standard InChI is InChI=1S/C14H18ClN3/c1-18-13-9-11(2-3-12(13)14(15)17-18)8-10-4-6-16-7-5-10/h2-3,9-10,16H,4-8H2,1H3. The highest BCUT2D eigenvalue weighted by Crippen LogP contribution is 2.25. The number of hydrogen-bond donors (Lipinski definition) is 1. The highest BCUT2D eigenvalue weighted by Gasteiger charge is 2.14. The van der Waals surface area contributed by atoms with E-state index in [9.17, 15) is 0 Å². The second-order valence-corrected chi connectivity index (χ2v) is 5.52. The van der Waals surface area contributed by atoms with Gasteiger partial charge in [0.1, 0.15) is 0 Å². The molecule has 18 heavy (non-hydrogen) atoms. The summed E-state index contributed by atoms with van der Waals surface area (Å²) in [5.41, 5.74) is 2.53. The van der Waals surface area contributed by atoms with Crippen LogP contribution in [0.5, 0.6) is 0 Å². The zero-order valence-electron chi connectivity index (χ0n) is 10.6. The minimum atomic E-state index is 0.598. The van der Waals surface area contributed by atoms with Gasteiger partial charge in [0.2, 0.25) is 0 Å². The van der Waals surface area contributed by atoms with E-state index in [1.54, 1.807) is 0 Å². The summed E-state index contributed by atoms with van der Waals surface area (Å²) in [6.07, 6.45) is 3.73. The van der Waals surface area contributed by atoms with E-state index in [4.69, 9.17) is 11.6 Å². The Labute approximate surface area is 112 Å². The fourth-order valence-corrected chi connectivity index (χ4v) is 3.08. The summed E-state index contributed by atoms with van der Waals surface area (Å²) in [7, 11) is 1.95. The predicted octanol–water partition coefficient (Wildman–Crippen LogP) is 2.77. The molecule has 1 aromatic heterocycles. The molecule has 0 aliphatic carbocycles. The van der Waals surface area contributed by atoms with E-state index in [0.717, 1.165) is 29.9 Å². The molecule has 1 aliphatic rings. The van der Waals surface area contributed by atoms with E-state index in [1.807, 2.05) is 11.7 Å². The van der Waals surface area contributed by atoms with Crippen LogP contribution < -0.4 is 5.32 Å². The number of piperidine rings is 1. The average molecular weight is 264 g/mol. The number of aryl methyl sites for hydroxylation is 1. The maximum absolute atomic E-state index is 6.08. The quantitative estimate of drug-likeness (QED) is 0.903. The van der Waals surface area contributed by atoms with Crippen molar-refractivity contribution in [2.45, 2.75) is 19.3 Å². The number of benzene rings is 1. The van der Waals surface area contributed by atoms with E-state index in [0.29, 0.717) is 5.15 Å². The topological polar surface area (TPSA) is 29.9 Å². The largest absolute Gasteiger partial charge is 0.317 e. The van der Waals surface area contributed by atoms with Gasteiger partial charge in [-0.25, -0.2) is 0 Å². The van der Waals surface area contributed by atoms with Crippen molar-refractivity contribution in [3.05, 3.63) is 28.9 Å². The third-order valence-electron chi connectivity index (χ3n) is 3.85. The number of fused-ring (bicyclic) bond motifs is 1. The molecule has 1 aromatic carbocycles. The van der Waals surface area contributed by atoms with Gasteiger partial charge in [-0.15, -0.1) is 0 Å². The van der Waals surface area contributed by atoms with Gasteiger partial charge in [-0.05, 0) is 56.0 Å². The van der Waals surface area contributed by atoms with Crippen LogP contribution in [0.1, 0.15) is 18.4 Å². The van der Waals surface area contributed by atoms with Gasteiger partial charge in [0.15, 0.2) is 5.15 Å². The Morgan fingerprint density at radius 3 is 2.94 bits per heavy atom. The van der Waals surface area contributed by atoms with Crippen LogP contribution in [-0.4, -0.2) is 22.9 Å². The van der Waals surface area contributed by atoms with Crippen LogP contribution in [0.2, 0.25) is 5.15 Å². The summed E-state index contributed by atoms with van der Waals surface area (Å²) < 4.78 is 1.86. The number of aromatic nitrogens is 2. The maximum atomic E-state index is 6.08. The number of hydrogen-bond acceptors (Lipinski definition) is 2. The zero-order valence-corrected chi connectivity index (χ0v) is 11.4. The molecule has 2 aromatic rings. The van der Waals surface area contributed by atoms with E-state index in [1.165, 1.54) is 24.8 Å². The zero-order chi connectivity index (χ0) is 12.5. The molecule has 4 heteroatoms. The fourth-order valence-electron chi connectivity index (χ4n) is 2.80. The first-order chi connectivity index (χ1) is 8.74. The van der Waals surface area contributed by atoms with Gasteiger partial charge in [0, 0.05) is 12.4 Å². The van der Waals surface area contributed by atoms with Gasteiger partial charge in [-0.2, -0.15) is 5.10 Å². The Balaban J connectivity index is 1.86. The highest BCUT2D eigenvalue weighted by atomic mass is 35.5. The SMILES string of the molecule is Cn1nc(Cl)c2ccc(CC3CCNCC3)cc21. The third-order valence-corrected chi connectivity index (χ3v) is 4.13. The van der Waals surface area contributed by atoms with Crippen molar-refractivity contribution in [1.29, 1.82) is 0 Å². The minimum Gasteiger partial charge on any atom is -0.317 e. The van der Waals surface area contributed by atoms with E-state index in [2.05, 4.69) is 28.6 Å². The highest BCUT2D eigenvalue weighted by molar-refractivity contribution is 6.34. The first-order valence-electron chi connectivity index (χ1n) is 6.56. The smallest absolute Gasteiger partial charge is 0.158 e. The molecule has 1 saturated heterocycles. The van der Waals surface area contributed by atoms with Crippen molar-refractivity contribution in [3.8, 4) is 0 Å². The van der Waals surface area contributed by atoms with Gasteiger partial charge in [0.25, 0.3) is 0 Å². The van der Waals surface area contributed by atoms with Gasteiger partial charge >= 0.3 is 0 Å². The van der Waals surface area contributed by atoms with Crippen molar-refractivity contribution in [2.75, 3.05) is 13.1 Å². The lowest BCUT2D eigenvalue weighted by atomic mass is 9.91. The molecule has 0 bridgehead atoms. The lowest BCUT2D eigenvalue weighted by Gasteiger charge is -2.22. The molecule has 1 fully saturated rings. The molecule has 2 heterocycles. The summed E-state index contributed by atoms with van der Waals surface area (Å²) in [4.78, 5) is 0. The van der Waals surface area contributed by atoms with Crippen molar-refractivity contribution < 1.29 is 0 Å². The van der Waals surface area contributed by atoms with Gasteiger partial charge < -0.3 is 5.32 Å². The monoisotopic (exact) mass is 263 g/mol. The first-order valence-corrected chi connectivity index (χ1v) is 6.93. The Morgan fingerprint density at radius 2 is 2.17 bits per heavy atom. The molecule has 0 unspecified atom stereocenters. The molecule has 0 atom stereocenters. The molecule has 0 radical (unpaired) electrons. The first kappa shape index (κ1) is 12.0. The lowest BCUT2D eigenvalue weighted by Crippen LogP contribution is -2.28. The summed E-state index contributed by atoms with van der Waals surface area (Å²) in [5, 5.41) is 9.31. The van der Waals surface area contributed by atoms with Gasteiger partial charge in [-0.1, -0.05) is 17.7 Å². The molecule has 0 spiro atoms. The van der Waals surface area contributed by atoms with E-state index in [-0.39, 0.29) is 0 Å². The summed E-state index contributed by atoms with van der Waals surface area (Å²) in [5.74, 6) is 0.812. The molecule has 0 amide bonds. The predicted molar refractivity (Wildman–Crippen MR) is 75.0 cm³/mol. The van der Waals surface area contributed by atoms with Crippen LogP contribution in [0.4, 0.5) is 0 Å². The number of halogens is 1. The lowest BCUT2D eigenvalue weighted by molar-refractivity contribution is 0.373. The van der Waals surface area contributed by atoms with Crippen molar-refractivity contribution >= 4 is 22.5 Å². The van der Waals surface area contributed by atoms with E-state index < -0.39 is 0 Å². The molecule has 1 N–H and O–H groups in total. The van der Waals surface area contributed by atoms with Gasteiger partial charge in [-0.3, -0.25) is 4.68 Å². The average Bonchev–Trinajstić information content (AvgIpc) is 2.66. The van der Waals surface area contributed by atoms with Crippen LogP contribution in [-0.2, 0) is 13.5 Å². The molecule has 1 aliphatic heterocycles. The maximum Gasteiger partial charge on any atom is 0.158 e. The van der Waals surface area contributed by atoms with Crippen LogP contribution in [0.25, 0.3) is 10.9 Å². The molecule has 96 valence electrons. The van der Waals surface area contributed by atoms with Crippen molar-refractivity contribution in [1.82, 2.24) is 15.1 Å². The Bertz CT molecular complexity index is 555. The number of nitrogens with zero attached hydrogens (tertiary/aromatic N) is 2. The van der Waals surface area contributed by atoms with Crippen molar-refractivity contribution in [2.24, 2.45) is 13.0 Å². The fraction of sp³-hybridized carbons (Fsp3) is 0.500. The second-order valence-electron chi connectivity index (χ2n) is 5.16. The number of nitrogens with one attached hydrogen (secondary N) is 1. The second kappa shape index (κ2) is 4.90. The third kappa shape index (κ3) is 2.25. The molecule has 0 saturated carbocycles. The van der Waals surface area contributed by atoms with Crippen LogP contribution >= 0.6 is 11.6 Å². The molecular formula is C14H18ClN3. The van der Waals surface area contributed by atoms with Gasteiger partial charge in [0.05, 0.1) is 5.52 Å². The Hall–Kier alpha value is -1.06. The minimum absolute atomic E-state index is 0.598. The van der Waals surface area contributed by atoms with Crippen LogP contribution in [0, 0.1) is 5.92 Å². The Morgan fingerprint density at radius 1 is 1.39 bits per heavy atom. The van der Waals surface area contributed by atoms with E-state index >= 15 is 0 Å². The molecular weight excluding hydrogens is 246 g/mol. The normalized spacial score (nSPS) is 17.4. The number of rotatable bonds is 2. The summed E-state index contributed by atoms with van der Waals surface area (Å²) in [6, 6.07) is 6.52. The summed E-state index contributed by atoms with van der Waals surface area (Å²) >= 11 is 6.08. The Kier molecular flexibility index (Phi) is 3.27.